The number of nitrogens with one attached hydrogen (secondary N) is 1. The minimum atomic E-state index is -0.224. The molecular formula is C18H19ClN2O3. The lowest BCUT2D eigenvalue weighted by Gasteiger charge is -2.09. The average molecular weight is 347 g/mol. The Hall–Kier alpha value is -2.53. The third-order valence-corrected chi connectivity index (χ3v) is 3.56. The Kier molecular flexibility index (Phi) is 5.82. The highest BCUT2D eigenvalue weighted by atomic mass is 35.5. The van der Waals surface area contributed by atoms with Crippen molar-refractivity contribution in [2.24, 2.45) is 0 Å². The Morgan fingerprint density at radius 1 is 1.00 bits per heavy atom. The lowest BCUT2D eigenvalue weighted by molar-refractivity contribution is 0.394. The molecule has 1 N–H and O–H groups in total. The molecule has 6 heteroatoms. The predicted molar refractivity (Wildman–Crippen MR) is 97.3 cm³/mol. The molecule has 0 amide bonds. The minimum absolute atomic E-state index is 0.224. The largest absolute Gasteiger partial charge is 0.497 e. The van der Waals surface area contributed by atoms with E-state index in [1.165, 1.54) is 0 Å². The molecule has 0 saturated heterocycles. The molecule has 2 heterocycles. The van der Waals surface area contributed by atoms with Gasteiger partial charge in [-0.2, -0.15) is 0 Å². The Labute approximate surface area is 145 Å². The molecule has 1 aromatic carbocycles. The molecule has 0 aliphatic rings. The summed E-state index contributed by atoms with van der Waals surface area (Å²) in [4.78, 5) is 19.1. The van der Waals surface area contributed by atoms with E-state index in [-0.39, 0.29) is 10.7 Å². The maximum Gasteiger partial charge on any atom is 0.256 e. The monoisotopic (exact) mass is 346 g/mol. The van der Waals surface area contributed by atoms with Gasteiger partial charge in [0.2, 0.25) is 0 Å². The van der Waals surface area contributed by atoms with E-state index >= 15 is 0 Å². The molecule has 3 aromatic rings. The molecule has 0 bridgehead atoms. The highest BCUT2D eigenvalue weighted by Gasteiger charge is 2.08. The highest BCUT2D eigenvalue weighted by molar-refractivity contribution is 6.30. The minimum Gasteiger partial charge on any atom is -0.497 e. The van der Waals surface area contributed by atoms with Gasteiger partial charge in [0.1, 0.15) is 16.7 Å². The van der Waals surface area contributed by atoms with E-state index in [0.717, 1.165) is 5.56 Å². The molecule has 0 unspecified atom stereocenters. The van der Waals surface area contributed by atoms with Crippen molar-refractivity contribution in [1.82, 2.24) is 9.97 Å². The smallest absolute Gasteiger partial charge is 0.256 e. The number of fused-ring (bicyclic) bond motifs is 1. The van der Waals surface area contributed by atoms with E-state index < -0.39 is 0 Å². The molecule has 0 saturated carbocycles. The lowest BCUT2D eigenvalue weighted by atomic mass is 10.1. The quantitative estimate of drug-likeness (QED) is 0.719. The van der Waals surface area contributed by atoms with Crippen LogP contribution in [0.3, 0.4) is 0 Å². The van der Waals surface area contributed by atoms with Gasteiger partial charge in [-0.05, 0) is 24.3 Å². The highest BCUT2D eigenvalue weighted by Crippen LogP contribution is 2.29. The molecule has 0 fully saturated rings. The van der Waals surface area contributed by atoms with Crippen LogP contribution in [-0.4, -0.2) is 24.2 Å². The van der Waals surface area contributed by atoms with Crippen molar-refractivity contribution in [2.75, 3.05) is 14.2 Å². The molecule has 5 nitrogen and oxygen atoms in total. The van der Waals surface area contributed by atoms with E-state index in [4.69, 9.17) is 21.1 Å². The summed E-state index contributed by atoms with van der Waals surface area (Å²) in [5.74, 6) is 1.29. The SMILES string of the molecule is CC.COc1cc(OC)cc(-c2cc3cnc(Cl)cc3c(=O)[nH]2)c1. The first-order valence-electron chi connectivity index (χ1n) is 7.53. The third kappa shape index (κ3) is 3.68. The van der Waals surface area contributed by atoms with Crippen LogP contribution in [0.15, 0.2) is 41.3 Å². The van der Waals surface area contributed by atoms with Crippen molar-refractivity contribution < 1.29 is 9.47 Å². The number of methoxy groups -OCH3 is 2. The number of pyridine rings is 2. The summed E-state index contributed by atoms with van der Waals surface area (Å²) in [6.45, 7) is 4.00. The van der Waals surface area contributed by atoms with Crippen LogP contribution in [0.1, 0.15) is 13.8 Å². The van der Waals surface area contributed by atoms with Crippen LogP contribution in [0, 0.1) is 0 Å². The van der Waals surface area contributed by atoms with Crippen LogP contribution in [-0.2, 0) is 0 Å². The van der Waals surface area contributed by atoms with Crippen molar-refractivity contribution in [3.05, 3.63) is 52.0 Å². The zero-order valence-electron chi connectivity index (χ0n) is 14.0. The van der Waals surface area contributed by atoms with Crippen LogP contribution in [0.4, 0.5) is 0 Å². The maximum absolute atomic E-state index is 12.2. The second-order valence-corrected chi connectivity index (χ2v) is 5.10. The Morgan fingerprint density at radius 2 is 1.62 bits per heavy atom. The topological polar surface area (TPSA) is 64.2 Å². The van der Waals surface area contributed by atoms with Crippen LogP contribution < -0.4 is 15.0 Å². The summed E-state index contributed by atoms with van der Waals surface area (Å²) in [7, 11) is 3.15. The molecule has 3 rings (SSSR count). The number of aromatic amines is 1. The van der Waals surface area contributed by atoms with Gasteiger partial charge in [0.15, 0.2) is 0 Å². The van der Waals surface area contributed by atoms with Crippen molar-refractivity contribution >= 4 is 22.4 Å². The molecule has 2 aromatic heterocycles. The first-order valence-corrected chi connectivity index (χ1v) is 7.90. The molecule has 24 heavy (non-hydrogen) atoms. The number of rotatable bonds is 3. The average Bonchev–Trinajstić information content (AvgIpc) is 2.63. The predicted octanol–water partition coefficient (Wildman–Crippen LogP) is 4.29. The van der Waals surface area contributed by atoms with Gasteiger partial charge in [-0.25, -0.2) is 4.98 Å². The van der Waals surface area contributed by atoms with Gasteiger partial charge in [0.05, 0.1) is 19.6 Å². The first kappa shape index (κ1) is 17.8. The van der Waals surface area contributed by atoms with Gasteiger partial charge in [0, 0.05) is 28.9 Å². The van der Waals surface area contributed by atoms with Gasteiger partial charge in [-0.15, -0.1) is 0 Å². The molecular weight excluding hydrogens is 328 g/mol. The molecule has 0 aliphatic carbocycles. The molecule has 126 valence electrons. The number of hydrogen-bond donors (Lipinski definition) is 1. The fourth-order valence-corrected chi connectivity index (χ4v) is 2.41. The van der Waals surface area contributed by atoms with Crippen LogP contribution in [0.2, 0.25) is 5.15 Å². The molecule has 0 spiro atoms. The van der Waals surface area contributed by atoms with E-state index in [0.29, 0.717) is 28.0 Å². The fourth-order valence-electron chi connectivity index (χ4n) is 2.25. The molecule has 0 radical (unpaired) electrons. The summed E-state index contributed by atoms with van der Waals surface area (Å²) in [6, 6.07) is 8.80. The Morgan fingerprint density at radius 3 is 2.21 bits per heavy atom. The number of nitrogens with zero attached hydrogens (tertiary/aromatic N) is 1. The van der Waals surface area contributed by atoms with E-state index in [1.54, 1.807) is 32.5 Å². The van der Waals surface area contributed by atoms with Crippen LogP contribution >= 0.6 is 11.6 Å². The van der Waals surface area contributed by atoms with Crippen molar-refractivity contribution in [3.8, 4) is 22.8 Å². The Balaban J connectivity index is 0.00000100. The summed E-state index contributed by atoms with van der Waals surface area (Å²) in [5, 5.41) is 1.50. The summed E-state index contributed by atoms with van der Waals surface area (Å²) in [5.41, 5.74) is 1.21. The summed E-state index contributed by atoms with van der Waals surface area (Å²) < 4.78 is 10.5. The normalized spacial score (nSPS) is 10.0. The number of ether oxygens (including phenoxy) is 2. The van der Waals surface area contributed by atoms with Gasteiger partial charge in [0.25, 0.3) is 5.56 Å². The number of halogens is 1. The Bertz CT molecular complexity index is 884. The first-order chi connectivity index (χ1) is 11.6. The molecule has 0 aliphatic heterocycles. The third-order valence-electron chi connectivity index (χ3n) is 3.36. The fraction of sp³-hybridized carbons (Fsp3) is 0.222. The zero-order chi connectivity index (χ0) is 17.7. The number of aromatic nitrogens is 2. The standard InChI is InChI=1S/C16H13ClN2O3.C2H6/c1-21-11-3-9(4-12(6-11)22-2)14-5-10-8-18-15(17)7-13(10)16(20)19-14;1-2/h3-8H,1-2H3,(H,19,20);1-2H3. The van der Waals surface area contributed by atoms with Gasteiger partial charge in [-0.3, -0.25) is 4.79 Å². The van der Waals surface area contributed by atoms with E-state index in [2.05, 4.69) is 9.97 Å². The van der Waals surface area contributed by atoms with Gasteiger partial charge < -0.3 is 14.5 Å². The number of benzene rings is 1. The van der Waals surface area contributed by atoms with Crippen LogP contribution in [0.5, 0.6) is 11.5 Å². The lowest BCUT2D eigenvalue weighted by Crippen LogP contribution is -2.07. The zero-order valence-corrected chi connectivity index (χ0v) is 14.8. The second kappa shape index (κ2) is 7.84. The second-order valence-electron chi connectivity index (χ2n) is 4.71. The van der Waals surface area contributed by atoms with Crippen molar-refractivity contribution in [2.45, 2.75) is 13.8 Å². The molecule has 0 atom stereocenters. The van der Waals surface area contributed by atoms with Gasteiger partial charge in [-0.1, -0.05) is 25.4 Å². The van der Waals surface area contributed by atoms with Crippen molar-refractivity contribution in [1.29, 1.82) is 0 Å². The summed E-state index contributed by atoms with van der Waals surface area (Å²) >= 11 is 5.83. The summed E-state index contributed by atoms with van der Waals surface area (Å²) in [6.07, 6.45) is 1.58. The maximum atomic E-state index is 12.2. The van der Waals surface area contributed by atoms with Crippen molar-refractivity contribution in [3.63, 3.8) is 0 Å². The number of H-pyrrole nitrogens is 1. The van der Waals surface area contributed by atoms with Gasteiger partial charge >= 0.3 is 0 Å². The van der Waals surface area contributed by atoms with Crippen LogP contribution in [0.25, 0.3) is 22.0 Å². The van der Waals surface area contributed by atoms with E-state index in [9.17, 15) is 4.79 Å². The van der Waals surface area contributed by atoms with E-state index in [1.807, 2.05) is 32.0 Å². The number of hydrogen-bond acceptors (Lipinski definition) is 4.